The predicted molar refractivity (Wildman–Crippen MR) is 120 cm³/mol. The van der Waals surface area contributed by atoms with Crippen molar-refractivity contribution in [2.45, 2.75) is 31.9 Å². The van der Waals surface area contributed by atoms with Crippen molar-refractivity contribution in [1.82, 2.24) is 4.90 Å². The van der Waals surface area contributed by atoms with E-state index < -0.39 is 23.5 Å². The maximum Gasteiger partial charge on any atom is 0.295 e. The van der Waals surface area contributed by atoms with Crippen LogP contribution in [0.25, 0.3) is 5.76 Å². The summed E-state index contributed by atoms with van der Waals surface area (Å²) in [6.07, 6.45) is 1.47. The predicted octanol–water partition coefficient (Wildman–Crippen LogP) is 1.42. The van der Waals surface area contributed by atoms with Gasteiger partial charge >= 0.3 is 0 Å². The molecule has 2 aromatic carbocycles. The summed E-state index contributed by atoms with van der Waals surface area (Å²) in [5.41, 5.74) is 1.98. The van der Waals surface area contributed by atoms with Crippen LogP contribution in [-0.4, -0.2) is 49.9 Å². The van der Waals surface area contributed by atoms with E-state index >= 15 is 0 Å². The number of ether oxygens (including phenoxy) is 1. The van der Waals surface area contributed by atoms with Gasteiger partial charge in [-0.3, -0.25) is 9.59 Å². The molecular formula is C25H27ClN2O4. The molecule has 0 radical (unpaired) electrons. The number of carbonyl (C=O) groups excluding carboxylic acids is 2. The van der Waals surface area contributed by atoms with E-state index in [1.807, 2.05) is 21.0 Å². The summed E-state index contributed by atoms with van der Waals surface area (Å²) in [5.74, 6) is -1.03. The van der Waals surface area contributed by atoms with Crippen molar-refractivity contribution in [2.75, 3.05) is 27.2 Å². The number of nitrogens with one attached hydrogen (secondary N) is 1. The van der Waals surface area contributed by atoms with E-state index in [1.165, 1.54) is 9.80 Å². The van der Waals surface area contributed by atoms with Crippen molar-refractivity contribution in [1.29, 1.82) is 0 Å². The van der Waals surface area contributed by atoms with Crippen LogP contribution < -0.4 is 14.7 Å². The Morgan fingerprint density at radius 2 is 2.00 bits per heavy atom. The zero-order valence-electron chi connectivity index (χ0n) is 18.5. The molecule has 2 aliphatic heterocycles. The van der Waals surface area contributed by atoms with Crippen molar-refractivity contribution in [3.63, 3.8) is 0 Å². The molecule has 0 aliphatic carbocycles. The number of Topliss-reactive ketones (excluding diaryl/α,β-unsaturated/α-hetero) is 1. The van der Waals surface area contributed by atoms with Crippen molar-refractivity contribution in [3.05, 3.63) is 69.8 Å². The Morgan fingerprint density at radius 1 is 1.22 bits per heavy atom. The highest BCUT2D eigenvalue weighted by Gasteiger charge is 2.44. The zero-order valence-corrected chi connectivity index (χ0v) is 19.2. The third-order valence-electron chi connectivity index (χ3n) is 5.93. The molecule has 1 fully saturated rings. The Labute approximate surface area is 193 Å². The van der Waals surface area contributed by atoms with Crippen LogP contribution in [0.1, 0.15) is 36.1 Å². The van der Waals surface area contributed by atoms with E-state index in [0.717, 1.165) is 17.9 Å². The van der Waals surface area contributed by atoms with Gasteiger partial charge in [-0.05, 0) is 47.9 Å². The quantitative estimate of drug-likeness (QED) is 0.407. The van der Waals surface area contributed by atoms with Gasteiger partial charge in [-0.15, -0.1) is 0 Å². The lowest BCUT2D eigenvalue weighted by Gasteiger charge is -2.28. The van der Waals surface area contributed by atoms with Gasteiger partial charge in [0.2, 0.25) is 5.78 Å². The molecule has 2 atom stereocenters. The summed E-state index contributed by atoms with van der Waals surface area (Å²) in [6.45, 7) is 3.20. The zero-order chi connectivity index (χ0) is 23.0. The van der Waals surface area contributed by atoms with E-state index in [2.05, 4.69) is 0 Å². The third kappa shape index (κ3) is 4.25. The number of likely N-dealkylation sites (tertiary alicyclic amines) is 1. The van der Waals surface area contributed by atoms with Gasteiger partial charge in [0.25, 0.3) is 5.91 Å². The van der Waals surface area contributed by atoms with Gasteiger partial charge in [-0.2, -0.15) is 0 Å². The summed E-state index contributed by atoms with van der Waals surface area (Å²) in [6, 6.07) is 11.5. The lowest BCUT2D eigenvalue weighted by atomic mass is 9.94. The van der Waals surface area contributed by atoms with Crippen LogP contribution in [-0.2, 0) is 16.0 Å². The fourth-order valence-electron chi connectivity index (χ4n) is 4.45. The first-order valence-corrected chi connectivity index (χ1v) is 11.2. The standard InChI is InChI=1S/C25H27ClN2O4/c1-15-12-18-13-17(8-9-20(18)32-15)23(29)21-22(16-6-4-7-19(26)14-16)28(25(31)24(21)30)11-5-10-27(2)3/h4,6-9,13-15,22,29H,5,10-12H2,1-3H3/b23-21+. The minimum atomic E-state index is -0.748. The molecule has 1 amide bonds. The maximum atomic E-state index is 13.6. The van der Waals surface area contributed by atoms with Crippen molar-refractivity contribution in [2.24, 2.45) is 0 Å². The van der Waals surface area contributed by atoms with Gasteiger partial charge in [-0.25, -0.2) is 0 Å². The summed E-state index contributed by atoms with van der Waals surface area (Å²) >= 11 is 6.21. The minimum Gasteiger partial charge on any atom is -0.872 e. The van der Waals surface area contributed by atoms with Crippen LogP contribution >= 0.6 is 11.6 Å². The van der Waals surface area contributed by atoms with Crippen LogP contribution in [0.5, 0.6) is 5.75 Å². The van der Waals surface area contributed by atoms with Crippen molar-refractivity contribution < 1.29 is 24.3 Å². The molecule has 168 valence electrons. The summed E-state index contributed by atoms with van der Waals surface area (Å²) in [5, 5.41) is 14.1. The van der Waals surface area contributed by atoms with Gasteiger partial charge in [0.05, 0.1) is 26.7 Å². The van der Waals surface area contributed by atoms with Crippen molar-refractivity contribution >= 4 is 29.1 Å². The normalized spacial score (nSPS) is 21.8. The molecule has 0 bridgehead atoms. The number of rotatable bonds is 6. The molecular weight excluding hydrogens is 428 g/mol. The summed E-state index contributed by atoms with van der Waals surface area (Å²) in [4.78, 5) is 28.8. The first-order valence-electron chi connectivity index (χ1n) is 10.9. The lowest BCUT2D eigenvalue weighted by Crippen LogP contribution is -3.05. The molecule has 2 aromatic rings. The van der Waals surface area contributed by atoms with Gasteiger partial charge in [-0.1, -0.05) is 35.6 Å². The molecule has 0 aromatic heterocycles. The molecule has 6 nitrogen and oxygen atoms in total. The average Bonchev–Trinajstić information content (AvgIpc) is 3.24. The second-order valence-corrected chi connectivity index (χ2v) is 9.23. The molecule has 4 rings (SSSR count). The number of hydrogen-bond acceptors (Lipinski definition) is 4. The van der Waals surface area contributed by atoms with Crippen LogP contribution in [0, 0.1) is 0 Å². The van der Waals surface area contributed by atoms with Gasteiger partial charge in [0, 0.05) is 30.0 Å². The Kier molecular flexibility index (Phi) is 6.26. The molecule has 0 spiro atoms. The summed E-state index contributed by atoms with van der Waals surface area (Å²) < 4.78 is 5.73. The van der Waals surface area contributed by atoms with Gasteiger partial charge < -0.3 is 19.6 Å². The molecule has 7 heteroatoms. The van der Waals surface area contributed by atoms with E-state index in [4.69, 9.17) is 16.3 Å². The highest BCUT2D eigenvalue weighted by Crippen LogP contribution is 2.40. The molecule has 0 saturated carbocycles. The first-order chi connectivity index (χ1) is 15.3. The Bertz CT molecular complexity index is 1100. The van der Waals surface area contributed by atoms with Crippen LogP contribution in [0.4, 0.5) is 0 Å². The smallest absolute Gasteiger partial charge is 0.295 e. The first kappa shape index (κ1) is 22.4. The molecule has 1 N–H and O–H groups in total. The topological polar surface area (TPSA) is 74.1 Å². The second-order valence-electron chi connectivity index (χ2n) is 8.79. The van der Waals surface area contributed by atoms with E-state index in [1.54, 1.807) is 42.5 Å². The second kappa shape index (κ2) is 8.96. The lowest BCUT2D eigenvalue weighted by molar-refractivity contribution is -0.858. The number of ketones is 1. The highest BCUT2D eigenvalue weighted by atomic mass is 35.5. The van der Waals surface area contributed by atoms with Gasteiger partial charge in [0.1, 0.15) is 11.9 Å². The number of amides is 1. The summed E-state index contributed by atoms with van der Waals surface area (Å²) in [7, 11) is 4.07. The average molecular weight is 455 g/mol. The fourth-order valence-corrected chi connectivity index (χ4v) is 4.64. The minimum absolute atomic E-state index is 0.0126. The Morgan fingerprint density at radius 3 is 2.72 bits per heavy atom. The van der Waals surface area contributed by atoms with Crippen LogP contribution in [0.2, 0.25) is 5.02 Å². The SMILES string of the molecule is CC1Cc2cc(/C([O-])=C3\C(=O)C(=O)N(CCC[NH+](C)C)C3c3cccc(Cl)c3)ccc2O1. The Balaban J connectivity index is 1.78. The van der Waals surface area contributed by atoms with Crippen LogP contribution in [0.3, 0.4) is 0 Å². The number of carbonyl (C=O) groups is 2. The number of quaternary nitrogens is 1. The van der Waals surface area contributed by atoms with E-state index in [0.29, 0.717) is 35.5 Å². The van der Waals surface area contributed by atoms with E-state index in [9.17, 15) is 14.7 Å². The molecule has 2 unspecified atom stereocenters. The third-order valence-corrected chi connectivity index (χ3v) is 6.16. The monoisotopic (exact) mass is 454 g/mol. The number of hydrogen-bond donors (Lipinski definition) is 1. The number of halogens is 1. The van der Waals surface area contributed by atoms with Crippen LogP contribution in [0.15, 0.2) is 48.0 Å². The largest absolute Gasteiger partial charge is 0.872 e. The van der Waals surface area contributed by atoms with Crippen molar-refractivity contribution in [3.8, 4) is 5.75 Å². The number of nitrogens with zero attached hydrogens (tertiary/aromatic N) is 1. The van der Waals surface area contributed by atoms with Gasteiger partial charge in [0.15, 0.2) is 0 Å². The number of benzene rings is 2. The Hall–Kier alpha value is -2.83. The highest BCUT2D eigenvalue weighted by molar-refractivity contribution is 6.46. The van der Waals surface area contributed by atoms with E-state index in [-0.39, 0.29) is 11.7 Å². The number of fused-ring (bicyclic) bond motifs is 1. The fraction of sp³-hybridized carbons (Fsp3) is 0.360. The maximum absolute atomic E-state index is 13.6. The molecule has 32 heavy (non-hydrogen) atoms. The molecule has 2 heterocycles. The molecule has 2 aliphatic rings. The molecule has 1 saturated heterocycles.